The molecule has 0 radical (unpaired) electrons. The molecule has 6 nitrogen and oxygen atoms in total. The number of carbonyl (C=O) groups is 1. The van der Waals surface area contributed by atoms with Gasteiger partial charge in [0.2, 0.25) is 5.56 Å². The topological polar surface area (TPSA) is 92.1 Å². The number of piperidine rings is 1. The second-order valence-corrected chi connectivity index (χ2v) is 7.64. The summed E-state index contributed by atoms with van der Waals surface area (Å²) >= 11 is 1.45. The van der Waals surface area contributed by atoms with Crippen LogP contribution in [0.15, 0.2) is 58.8 Å². The van der Waals surface area contributed by atoms with Gasteiger partial charge in [0.15, 0.2) is 5.13 Å². The van der Waals surface area contributed by atoms with Gasteiger partial charge < -0.3 is 15.6 Å². The summed E-state index contributed by atoms with van der Waals surface area (Å²) in [4.78, 5) is 33.0. The number of aromatic nitrogens is 2. The Labute approximate surface area is 160 Å². The van der Waals surface area contributed by atoms with Crippen LogP contribution in [0.1, 0.15) is 34.5 Å². The largest absolute Gasteiger partial charge is 0.375 e. The number of aromatic amines is 1. The Balaban J connectivity index is 1.61. The normalized spacial score (nSPS) is 16.2. The van der Waals surface area contributed by atoms with Gasteiger partial charge in [0.05, 0.1) is 11.3 Å². The fourth-order valence-electron chi connectivity index (χ4n) is 3.78. The first-order valence-corrected chi connectivity index (χ1v) is 9.71. The number of hydrogen-bond donors (Lipinski definition) is 2. The lowest BCUT2D eigenvalue weighted by Gasteiger charge is -2.41. The number of benzene rings is 1. The summed E-state index contributed by atoms with van der Waals surface area (Å²) in [7, 11) is 0. The summed E-state index contributed by atoms with van der Waals surface area (Å²) in [6, 6.07) is 13.3. The molecule has 0 saturated carbocycles. The molecule has 1 aliphatic rings. The zero-order valence-corrected chi connectivity index (χ0v) is 15.5. The quantitative estimate of drug-likeness (QED) is 0.731. The van der Waals surface area contributed by atoms with Crippen molar-refractivity contribution in [1.29, 1.82) is 0 Å². The van der Waals surface area contributed by atoms with E-state index < -0.39 is 0 Å². The van der Waals surface area contributed by atoms with Crippen LogP contribution < -0.4 is 11.3 Å². The minimum atomic E-state index is -0.239. The number of rotatable bonds is 3. The monoisotopic (exact) mass is 380 g/mol. The number of thiazole rings is 1. The number of carbonyl (C=O) groups excluding carboxylic acids is 1. The van der Waals surface area contributed by atoms with Crippen molar-refractivity contribution in [2.75, 3.05) is 18.8 Å². The molecule has 7 heteroatoms. The number of nitrogens with two attached hydrogens (primary N) is 1. The van der Waals surface area contributed by atoms with E-state index >= 15 is 0 Å². The maximum absolute atomic E-state index is 12.8. The molecule has 1 saturated heterocycles. The summed E-state index contributed by atoms with van der Waals surface area (Å²) < 4.78 is 0. The van der Waals surface area contributed by atoms with Crippen molar-refractivity contribution in [3.63, 3.8) is 0 Å². The van der Waals surface area contributed by atoms with Crippen molar-refractivity contribution in [1.82, 2.24) is 14.9 Å². The number of pyridine rings is 1. The zero-order valence-electron chi connectivity index (χ0n) is 14.7. The molecule has 138 valence electrons. The van der Waals surface area contributed by atoms with Gasteiger partial charge >= 0.3 is 0 Å². The van der Waals surface area contributed by atoms with Crippen LogP contribution in [-0.2, 0) is 5.41 Å². The van der Waals surface area contributed by atoms with Crippen molar-refractivity contribution < 1.29 is 4.79 Å². The van der Waals surface area contributed by atoms with Gasteiger partial charge in [-0.05, 0) is 24.5 Å². The molecule has 1 aliphatic heterocycles. The zero-order chi connectivity index (χ0) is 18.9. The highest BCUT2D eigenvalue weighted by Gasteiger charge is 2.40. The van der Waals surface area contributed by atoms with Crippen LogP contribution in [0.2, 0.25) is 0 Å². The Morgan fingerprint density at radius 1 is 1.15 bits per heavy atom. The first-order valence-electron chi connectivity index (χ1n) is 8.83. The molecule has 0 atom stereocenters. The number of hydrogen-bond acceptors (Lipinski definition) is 5. The number of nitrogens with one attached hydrogen (secondary N) is 1. The van der Waals surface area contributed by atoms with Crippen molar-refractivity contribution in [2.45, 2.75) is 18.3 Å². The summed E-state index contributed by atoms with van der Waals surface area (Å²) in [6.45, 7) is 1.23. The minimum Gasteiger partial charge on any atom is -0.375 e. The average molecular weight is 380 g/mol. The van der Waals surface area contributed by atoms with Crippen LogP contribution in [0.5, 0.6) is 0 Å². The van der Waals surface area contributed by atoms with Crippen LogP contribution in [0, 0.1) is 0 Å². The molecule has 0 bridgehead atoms. The second kappa shape index (κ2) is 7.00. The Hall–Kier alpha value is -2.93. The predicted molar refractivity (Wildman–Crippen MR) is 106 cm³/mol. The lowest BCUT2D eigenvalue weighted by molar-refractivity contribution is 0.0683. The third-order valence-corrected chi connectivity index (χ3v) is 5.95. The van der Waals surface area contributed by atoms with Crippen molar-refractivity contribution in [3.05, 3.63) is 81.2 Å². The summed E-state index contributed by atoms with van der Waals surface area (Å²) in [5.41, 5.74) is 8.13. The molecular weight excluding hydrogens is 360 g/mol. The van der Waals surface area contributed by atoms with Crippen LogP contribution in [0.3, 0.4) is 0 Å². The molecule has 3 aromatic rings. The third kappa shape index (κ3) is 3.26. The van der Waals surface area contributed by atoms with Crippen LogP contribution in [-0.4, -0.2) is 33.9 Å². The van der Waals surface area contributed by atoms with E-state index in [2.05, 4.69) is 22.1 Å². The van der Waals surface area contributed by atoms with Crippen LogP contribution in [0.4, 0.5) is 5.13 Å². The van der Waals surface area contributed by atoms with Gasteiger partial charge in [0, 0.05) is 36.1 Å². The molecule has 1 fully saturated rings. The smallest absolute Gasteiger partial charge is 0.255 e. The lowest BCUT2D eigenvalue weighted by atomic mass is 9.70. The SMILES string of the molecule is Nc1nc(C2(c3ccccc3)CCN(C(=O)c3ccc(=O)[nH]c3)CC2)cs1. The van der Waals surface area contributed by atoms with E-state index in [-0.39, 0.29) is 16.9 Å². The molecular formula is C20H20N4O2S. The van der Waals surface area contributed by atoms with E-state index in [0.717, 1.165) is 18.5 Å². The van der Waals surface area contributed by atoms with Gasteiger partial charge in [-0.1, -0.05) is 30.3 Å². The molecule has 4 rings (SSSR count). The predicted octanol–water partition coefficient (Wildman–Crippen LogP) is 2.64. The molecule has 27 heavy (non-hydrogen) atoms. The molecule has 3 heterocycles. The highest BCUT2D eigenvalue weighted by atomic mass is 32.1. The van der Waals surface area contributed by atoms with E-state index in [4.69, 9.17) is 5.73 Å². The van der Waals surface area contributed by atoms with Gasteiger partial charge in [0.25, 0.3) is 5.91 Å². The van der Waals surface area contributed by atoms with E-state index in [9.17, 15) is 9.59 Å². The molecule has 2 aromatic heterocycles. The maximum Gasteiger partial charge on any atom is 0.255 e. The maximum atomic E-state index is 12.8. The van der Waals surface area contributed by atoms with Gasteiger partial charge in [-0.15, -0.1) is 11.3 Å². The molecule has 0 spiro atoms. The summed E-state index contributed by atoms with van der Waals surface area (Å²) in [5, 5.41) is 2.59. The van der Waals surface area contributed by atoms with Crippen molar-refractivity contribution >= 4 is 22.4 Å². The van der Waals surface area contributed by atoms with Crippen LogP contribution in [0.25, 0.3) is 0 Å². The number of nitrogen functional groups attached to an aromatic ring is 1. The number of amides is 1. The molecule has 1 amide bonds. The average Bonchev–Trinajstić information content (AvgIpc) is 3.16. The summed E-state index contributed by atoms with van der Waals surface area (Å²) in [6.07, 6.45) is 3.02. The fraction of sp³-hybridized carbons (Fsp3) is 0.250. The number of nitrogens with zero attached hydrogens (tertiary/aromatic N) is 2. The highest BCUT2D eigenvalue weighted by Crippen LogP contribution is 2.42. The molecule has 3 N–H and O–H groups in total. The van der Waals surface area contributed by atoms with E-state index in [1.807, 2.05) is 28.5 Å². The van der Waals surface area contributed by atoms with Gasteiger partial charge in [-0.3, -0.25) is 9.59 Å². The van der Waals surface area contributed by atoms with Crippen molar-refractivity contribution in [3.8, 4) is 0 Å². The Morgan fingerprint density at radius 3 is 2.48 bits per heavy atom. The van der Waals surface area contributed by atoms with Gasteiger partial charge in [-0.25, -0.2) is 4.98 Å². The van der Waals surface area contributed by atoms with E-state index in [0.29, 0.717) is 23.8 Å². The molecule has 1 aromatic carbocycles. The minimum absolute atomic E-state index is 0.0642. The second-order valence-electron chi connectivity index (χ2n) is 6.75. The van der Waals surface area contributed by atoms with Gasteiger partial charge in [-0.2, -0.15) is 0 Å². The Kier molecular flexibility index (Phi) is 4.53. The lowest BCUT2D eigenvalue weighted by Crippen LogP contribution is -2.46. The standard InChI is InChI=1S/C20H20N4O2S/c21-19-23-16(13-27-19)20(15-4-2-1-3-5-15)8-10-24(11-9-20)18(26)14-6-7-17(25)22-12-14/h1-7,12-13H,8-11H2,(H2,21,23)(H,22,25). The van der Waals surface area contributed by atoms with Crippen molar-refractivity contribution in [2.24, 2.45) is 0 Å². The third-order valence-electron chi connectivity index (χ3n) is 5.27. The fourth-order valence-corrected chi connectivity index (χ4v) is 4.44. The number of H-pyrrole nitrogens is 1. The highest BCUT2D eigenvalue weighted by molar-refractivity contribution is 7.13. The van der Waals surface area contributed by atoms with Crippen LogP contribution >= 0.6 is 11.3 Å². The number of likely N-dealkylation sites (tertiary alicyclic amines) is 1. The Bertz CT molecular complexity index is 984. The first kappa shape index (κ1) is 17.5. The number of anilines is 1. The first-order chi connectivity index (χ1) is 13.1. The Morgan fingerprint density at radius 2 is 1.89 bits per heavy atom. The van der Waals surface area contributed by atoms with E-state index in [1.54, 1.807) is 6.07 Å². The van der Waals surface area contributed by atoms with Gasteiger partial charge in [0.1, 0.15) is 0 Å². The molecule has 0 unspecified atom stereocenters. The molecule has 0 aliphatic carbocycles. The summed E-state index contributed by atoms with van der Waals surface area (Å²) in [5.74, 6) is -0.0642. The van der Waals surface area contributed by atoms with E-state index in [1.165, 1.54) is 29.2 Å².